The third-order valence-electron chi connectivity index (χ3n) is 23.1. The number of hydrogen-bond acceptors (Lipinski definition) is 31. The molecule has 7 aliphatic rings. The minimum Gasteiger partial charge on any atom is -0.467 e. The summed E-state index contributed by atoms with van der Waals surface area (Å²) in [5, 5.41) is 2.40. The molecule has 0 N–H and O–H groups in total. The van der Waals surface area contributed by atoms with Gasteiger partial charge in [-0.3, -0.25) is 19.2 Å². The van der Waals surface area contributed by atoms with Gasteiger partial charge in [0.15, 0.2) is 49.1 Å². The van der Waals surface area contributed by atoms with Gasteiger partial charge < -0.3 is 118 Å². The largest absolute Gasteiger partial charge is 0.467 e. The Labute approximate surface area is 686 Å². The van der Waals surface area contributed by atoms with Crippen LogP contribution in [0.5, 0.6) is 0 Å². The maximum absolute atomic E-state index is 15.3. The minimum atomic E-state index is -3.67. The molecule has 11 rings (SSSR count). The van der Waals surface area contributed by atoms with Gasteiger partial charge in [0, 0.05) is 90.5 Å². The summed E-state index contributed by atoms with van der Waals surface area (Å²) in [5.41, 5.74) is -4.57. The summed E-state index contributed by atoms with van der Waals surface area (Å²) in [6.07, 6.45) is -30.4. The van der Waals surface area contributed by atoms with E-state index in [2.05, 4.69) is 41.5 Å². The standard InChI is InChI=1S/C84H118O31Si2/c1-22-83(79(89)99-20)73(108-57-43-52(44-101-48(2)85)60(91-12)64(93-14)61(57)92-13)67(95-16)69(97-18)77(114-83)112-63-59(46-104-117(82(9,10)11,55-39-31-25-32-40-55)56-41-33-26-34-42-56)110-76(72(107-51(5)88)66(63)105-49(3)86)113-74-68(96-17)70-78(115-84(74,47-102-70)80(90)100-21)111-62-58(109-75(98-19)71(65(62)94-15)106-50(4)87)45-103-116(81(6,7)8,53-35-27-23-28-36-53)54-37-29-24-30-38-54/h23-42,52,57-78H,22,43-47H2,1-21H3/t52?,57-,58?,59?,60+,61?,62+,63+,64+,65+,66+,67-,68?,69?,70-,71?,72?,73-,74-,75-,76+,77-,78+,83?,84?/m1/s1. The number of hydrogen-bond donors (Lipinski definition) is 0. The van der Waals surface area contributed by atoms with Crippen LogP contribution in [-0.4, -0.2) is 296 Å². The molecule has 6 heterocycles. The Morgan fingerprint density at radius 1 is 0.402 bits per heavy atom. The second-order valence-electron chi connectivity index (χ2n) is 31.9. The summed E-state index contributed by atoms with van der Waals surface area (Å²) in [7, 11) is 6.64. The van der Waals surface area contributed by atoms with Crippen LogP contribution in [0, 0.1) is 5.92 Å². The van der Waals surface area contributed by atoms with E-state index in [0.717, 1.165) is 41.7 Å². The number of carbonyl (C=O) groups excluding carboxylic acids is 6. The molecule has 25 atom stereocenters. The van der Waals surface area contributed by atoms with E-state index >= 15 is 9.59 Å². The molecule has 0 radical (unpaired) electrons. The lowest BCUT2D eigenvalue weighted by Crippen LogP contribution is -2.78. The predicted molar refractivity (Wildman–Crippen MR) is 421 cm³/mol. The van der Waals surface area contributed by atoms with Crippen LogP contribution in [0.4, 0.5) is 0 Å². The third-order valence-corrected chi connectivity index (χ3v) is 33.1. The number of ether oxygens (including phenoxy) is 23. The summed E-state index contributed by atoms with van der Waals surface area (Å²) in [6, 6.07) is 39.3. The van der Waals surface area contributed by atoms with Crippen LogP contribution in [0.1, 0.15) is 89.0 Å². The molecule has 4 aromatic rings. The van der Waals surface area contributed by atoms with Crippen LogP contribution in [0.2, 0.25) is 10.1 Å². The smallest absolute Gasteiger partial charge is 0.343 e. The maximum atomic E-state index is 15.3. The number of esters is 6. The SMILES string of the molecule is CCC1(C(=O)OC)O[C@@H](O[C@H]2C(CO[Si](c3ccccc3)(c3ccccc3)C(C)(C)C)O[C@@H](O[C@@H]3C(OC)[C@H]4OCC3(C(=O)OC)O[C@@H]4O[C@H]3C(CO[Si](c4ccccc4)(c4ccccc4)C(C)(C)C)O[C@@H](OC)C(OC(C)=O)[C@H]3OC)C(OC(C)=O)[C@H]2OC(C)=O)C(OC)[C@@H](OC)[C@H]1O[C@@H]1CC(COC(C)=O)[C@H](OC)[C@H](OC)C1OC. The maximum Gasteiger partial charge on any atom is 0.343 e. The zero-order valence-electron chi connectivity index (χ0n) is 70.7. The van der Waals surface area contributed by atoms with Crippen LogP contribution in [-0.2, 0) is 147 Å². The summed E-state index contributed by atoms with van der Waals surface area (Å²) >= 11 is 0. The van der Waals surface area contributed by atoms with Crippen molar-refractivity contribution in [3.63, 3.8) is 0 Å². The van der Waals surface area contributed by atoms with Crippen LogP contribution in [0.25, 0.3) is 0 Å². The van der Waals surface area contributed by atoms with Crippen molar-refractivity contribution < 1.29 is 147 Å². The molecule has 0 amide bonds. The molecule has 6 aliphatic heterocycles. The monoisotopic (exact) mass is 1680 g/mol. The van der Waals surface area contributed by atoms with E-state index in [4.69, 9.17) is 118 Å². The first kappa shape index (κ1) is 92.7. The van der Waals surface area contributed by atoms with Crippen molar-refractivity contribution in [2.24, 2.45) is 5.92 Å². The Hall–Kier alpha value is -6.63. The van der Waals surface area contributed by atoms with E-state index in [1.54, 1.807) is 6.92 Å². The van der Waals surface area contributed by atoms with E-state index in [1.807, 2.05) is 121 Å². The first-order chi connectivity index (χ1) is 55.9. The van der Waals surface area contributed by atoms with Crippen LogP contribution in [0.3, 0.4) is 0 Å². The molecule has 648 valence electrons. The fourth-order valence-corrected chi connectivity index (χ4v) is 27.1. The highest BCUT2D eigenvalue weighted by molar-refractivity contribution is 7.00. The quantitative estimate of drug-likeness (QED) is 0.0338. The molecule has 117 heavy (non-hydrogen) atoms. The lowest BCUT2D eigenvalue weighted by atomic mass is 9.79. The molecule has 7 fully saturated rings. The van der Waals surface area contributed by atoms with Gasteiger partial charge in [0.05, 0.1) is 52.9 Å². The molecular weight excluding hydrogens is 1560 g/mol. The Kier molecular flexibility index (Phi) is 31.6. The van der Waals surface area contributed by atoms with Gasteiger partial charge in [0.25, 0.3) is 16.6 Å². The van der Waals surface area contributed by atoms with Crippen molar-refractivity contribution >= 4 is 73.2 Å². The molecule has 1 aliphatic carbocycles. The second kappa shape index (κ2) is 39.9. The summed E-state index contributed by atoms with van der Waals surface area (Å²) < 4.78 is 164. The molecule has 4 aromatic carbocycles. The van der Waals surface area contributed by atoms with E-state index in [1.165, 1.54) is 77.8 Å². The van der Waals surface area contributed by atoms with Crippen molar-refractivity contribution in [2.75, 3.05) is 97.5 Å². The average molecular weight is 1680 g/mol. The van der Waals surface area contributed by atoms with Gasteiger partial charge in [-0.25, -0.2) is 9.59 Å². The first-order valence-electron chi connectivity index (χ1n) is 39.3. The molecule has 6 saturated heterocycles. The Balaban J connectivity index is 1.08. The van der Waals surface area contributed by atoms with E-state index < -0.39 is 228 Å². The van der Waals surface area contributed by atoms with E-state index in [-0.39, 0.29) is 26.1 Å². The minimum absolute atomic E-state index is 0.0923. The summed E-state index contributed by atoms with van der Waals surface area (Å²) in [6.45, 7) is 17.7. The van der Waals surface area contributed by atoms with Crippen molar-refractivity contribution in [3.8, 4) is 0 Å². The van der Waals surface area contributed by atoms with Gasteiger partial charge in [-0.15, -0.1) is 0 Å². The lowest BCUT2D eigenvalue weighted by molar-refractivity contribution is -0.430. The average Bonchev–Trinajstić information content (AvgIpc) is 0.720. The normalized spacial score (nSPS) is 33.4. The van der Waals surface area contributed by atoms with Crippen molar-refractivity contribution in [3.05, 3.63) is 121 Å². The topological polar surface area (TPSA) is 333 Å². The Bertz CT molecular complexity index is 3800. The van der Waals surface area contributed by atoms with E-state index in [0.29, 0.717) is 0 Å². The first-order valence-corrected chi connectivity index (χ1v) is 43.1. The van der Waals surface area contributed by atoms with Gasteiger partial charge in [0.2, 0.25) is 5.60 Å². The molecule has 31 nitrogen and oxygen atoms in total. The Morgan fingerprint density at radius 2 is 0.821 bits per heavy atom. The van der Waals surface area contributed by atoms with Crippen molar-refractivity contribution in [2.45, 2.75) is 245 Å². The van der Waals surface area contributed by atoms with Gasteiger partial charge in [-0.2, -0.15) is 0 Å². The van der Waals surface area contributed by atoms with Crippen molar-refractivity contribution in [1.82, 2.24) is 0 Å². The summed E-state index contributed by atoms with van der Waals surface area (Å²) in [5.74, 6) is -5.59. The highest BCUT2D eigenvalue weighted by Crippen LogP contribution is 2.49. The lowest BCUT2D eigenvalue weighted by Gasteiger charge is -2.57. The van der Waals surface area contributed by atoms with Crippen LogP contribution >= 0.6 is 0 Å². The van der Waals surface area contributed by atoms with Gasteiger partial charge in [0.1, 0.15) is 79.4 Å². The molecular formula is C84H118O31Si2. The van der Waals surface area contributed by atoms with Crippen LogP contribution < -0.4 is 20.7 Å². The number of methoxy groups -OCH3 is 10. The molecule has 10 unspecified atom stereocenters. The van der Waals surface area contributed by atoms with E-state index in [9.17, 15) is 19.2 Å². The number of fused-ring (bicyclic) bond motifs is 3. The van der Waals surface area contributed by atoms with Gasteiger partial charge in [-0.1, -0.05) is 170 Å². The second-order valence-corrected chi connectivity index (χ2v) is 40.5. The predicted octanol–water partition coefficient (Wildman–Crippen LogP) is 4.97. The van der Waals surface area contributed by atoms with Crippen molar-refractivity contribution in [1.29, 1.82) is 0 Å². The fourth-order valence-electron chi connectivity index (χ4n) is 18.0. The van der Waals surface area contributed by atoms with Gasteiger partial charge >= 0.3 is 35.8 Å². The highest BCUT2D eigenvalue weighted by Gasteiger charge is 2.70. The molecule has 33 heteroatoms. The molecule has 1 saturated carbocycles. The fraction of sp³-hybridized carbons (Fsp3) is 0.643. The Morgan fingerprint density at radius 3 is 1.23 bits per heavy atom. The number of carbonyl (C=O) groups is 6. The van der Waals surface area contributed by atoms with Gasteiger partial charge in [-0.05, 0) is 43.7 Å². The number of rotatable bonds is 34. The number of benzene rings is 4. The van der Waals surface area contributed by atoms with Crippen LogP contribution in [0.15, 0.2) is 121 Å². The molecule has 2 bridgehead atoms. The zero-order valence-corrected chi connectivity index (χ0v) is 72.7. The zero-order chi connectivity index (χ0) is 85.1. The third kappa shape index (κ3) is 18.7. The molecule has 0 spiro atoms. The molecule has 0 aromatic heterocycles. The summed E-state index contributed by atoms with van der Waals surface area (Å²) in [4.78, 5) is 84.3. The highest BCUT2D eigenvalue weighted by atomic mass is 28.4.